The smallest absolute Gasteiger partial charge is 0.228 e. The van der Waals surface area contributed by atoms with E-state index in [-0.39, 0.29) is 5.91 Å². The molecule has 3 rings (SSSR count). The van der Waals surface area contributed by atoms with Gasteiger partial charge in [-0.1, -0.05) is 28.9 Å². The van der Waals surface area contributed by atoms with Gasteiger partial charge in [0.05, 0.1) is 12.1 Å². The number of carbonyl (C=O) groups is 1. The molecule has 128 valence electrons. The number of hydrogen-bond acceptors (Lipinski definition) is 4. The van der Waals surface area contributed by atoms with Crippen LogP contribution in [0.15, 0.2) is 34.9 Å². The van der Waals surface area contributed by atoms with Gasteiger partial charge in [-0.2, -0.15) is 0 Å². The van der Waals surface area contributed by atoms with Crippen LogP contribution < -0.4 is 0 Å². The van der Waals surface area contributed by atoms with Gasteiger partial charge in [-0.15, -0.1) is 0 Å². The molecule has 0 saturated carbocycles. The van der Waals surface area contributed by atoms with Gasteiger partial charge in [0.25, 0.3) is 0 Å². The van der Waals surface area contributed by atoms with E-state index in [0.717, 1.165) is 37.0 Å². The van der Waals surface area contributed by atoms with Crippen LogP contribution >= 0.6 is 11.6 Å². The molecule has 1 atom stereocenters. The highest BCUT2D eigenvalue weighted by Crippen LogP contribution is 2.23. The third kappa shape index (κ3) is 3.97. The van der Waals surface area contributed by atoms with Crippen LogP contribution in [0.25, 0.3) is 0 Å². The number of nitrogens with zero attached hydrogens (tertiary/aromatic N) is 3. The highest BCUT2D eigenvalue weighted by Gasteiger charge is 2.25. The molecule has 1 fully saturated rings. The summed E-state index contributed by atoms with van der Waals surface area (Å²) in [5, 5.41) is 4.65. The maximum atomic E-state index is 12.4. The van der Waals surface area contributed by atoms with Crippen molar-refractivity contribution in [1.82, 2.24) is 15.0 Å². The van der Waals surface area contributed by atoms with E-state index in [0.29, 0.717) is 18.2 Å². The van der Waals surface area contributed by atoms with Crippen molar-refractivity contribution in [1.29, 1.82) is 0 Å². The third-order valence-corrected chi connectivity index (χ3v) is 4.83. The standard InChI is InChI=1S/C18H22ClN3O2/c1-13-11-17(20-24-13)12-18(23)22-9-7-21(8-10-22)14(2)15-3-5-16(19)6-4-15/h3-6,11,14H,7-10,12H2,1-2H3/t14-/m1/s1. The zero-order chi connectivity index (χ0) is 17.1. The Bertz CT molecular complexity index is 691. The monoisotopic (exact) mass is 347 g/mol. The van der Waals surface area contributed by atoms with Crippen molar-refractivity contribution in [2.75, 3.05) is 26.2 Å². The molecule has 0 radical (unpaired) electrons. The Labute approximate surface area is 147 Å². The molecule has 2 aromatic rings. The lowest BCUT2D eigenvalue weighted by Gasteiger charge is -2.38. The average Bonchev–Trinajstić information content (AvgIpc) is 3.00. The summed E-state index contributed by atoms with van der Waals surface area (Å²) < 4.78 is 5.02. The zero-order valence-corrected chi connectivity index (χ0v) is 14.8. The van der Waals surface area contributed by atoms with Crippen molar-refractivity contribution in [2.45, 2.75) is 26.3 Å². The van der Waals surface area contributed by atoms with Crippen LogP contribution in [0.3, 0.4) is 0 Å². The first-order valence-electron chi connectivity index (χ1n) is 8.22. The number of rotatable bonds is 4. The summed E-state index contributed by atoms with van der Waals surface area (Å²) in [6, 6.07) is 10.1. The Morgan fingerprint density at radius 2 is 1.92 bits per heavy atom. The van der Waals surface area contributed by atoms with E-state index in [1.165, 1.54) is 5.56 Å². The van der Waals surface area contributed by atoms with E-state index in [1.807, 2.05) is 30.0 Å². The van der Waals surface area contributed by atoms with Crippen molar-refractivity contribution in [2.24, 2.45) is 0 Å². The van der Waals surface area contributed by atoms with Crippen LogP contribution in [0.1, 0.15) is 30.0 Å². The summed E-state index contributed by atoms with van der Waals surface area (Å²) in [6.45, 7) is 7.25. The second-order valence-corrected chi connectivity index (χ2v) is 6.69. The van der Waals surface area contributed by atoms with Crippen LogP contribution in [-0.4, -0.2) is 47.0 Å². The summed E-state index contributed by atoms with van der Waals surface area (Å²) in [6.07, 6.45) is 0.310. The maximum Gasteiger partial charge on any atom is 0.228 e. The fourth-order valence-electron chi connectivity index (χ4n) is 3.08. The van der Waals surface area contributed by atoms with E-state index in [2.05, 4.69) is 29.1 Å². The molecule has 2 heterocycles. The number of aromatic nitrogens is 1. The minimum atomic E-state index is 0.113. The SMILES string of the molecule is Cc1cc(CC(=O)N2CCN([C@H](C)c3ccc(Cl)cc3)CC2)no1. The van der Waals surface area contributed by atoms with Gasteiger partial charge in [0.15, 0.2) is 0 Å². The zero-order valence-electron chi connectivity index (χ0n) is 14.0. The number of amides is 1. The molecule has 0 spiro atoms. The molecule has 1 aromatic heterocycles. The van der Waals surface area contributed by atoms with Gasteiger partial charge in [-0.3, -0.25) is 9.69 Å². The first-order chi connectivity index (χ1) is 11.5. The van der Waals surface area contributed by atoms with Gasteiger partial charge in [0.2, 0.25) is 5.91 Å². The minimum absolute atomic E-state index is 0.113. The van der Waals surface area contributed by atoms with E-state index < -0.39 is 0 Å². The number of piperazine rings is 1. The lowest BCUT2D eigenvalue weighted by atomic mass is 10.1. The van der Waals surface area contributed by atoms with Crippen LogP contribution in [0.5, 0.6) is 0 Å². The highest BCUT2D eigenvalue weighted by atomic mass is 35.5. The molecule has 0 aliphatic carbocycles. The van der Waals surface area contributed by atoms with E-state index >= 15 is 0 Å². The van der Waals surface area contributed by atoms with Crippen molar-refractivity contribution in [3.05, 3.63) is 52.4 Å². The topological polar surface area (TPSA) is 49.6 Å². The van der Waals surface area contributed by atoms with Crippen LogP contribution in [0, 0.1) is 6.92 Å². The molecule has 1 aliphatic rings. The number of hydrogen-bond donors (Lipinski definition) is 0. The van der Waals surface area contributed by atoms with Gasteiger partial charge in [-0.25, -0.2) is 0 Å². The highest BCUT2D eigenvalue weighted by molar-refractivity contribution is 6.30. The summed E-state index contributed by atoms with van der Waals surface area (Å²) in [5.74, 6) is 0.849. The first-order valence-corrected chi connectivity index (χ1v) is 8.60. The normalized spacial score (nSPS) is 17.0. The van der Waals surface area contributed by atoms with Crippen LogP contribution in [-0.2, 0) is 11.2 Å². The average molecular weight is 348 g/mol. The Hall–Kier alpha value is -1.85. The second-order valence-electron chi connectivity index (χ2n) is 6.25. The number of aryl methyl sites for hydroxylation is 1. The van der Waals surface area contributed by atoms with Gasteiger partial charge in [-0.05, 0) is 31.5 Å². The summed E-state index contributed by atoms with van der Waals surface area (Å²) >= 11 is 5.95. The van der Waals surface area contributed by atoms with E-state index in [4.69, 9.17) is 16.1 Å². The summed E-state index contributed by atoms with van der Waals surface area (Å²) in [5.41, 5.74) is 1.95. The molecule has 0 unspecified atom stereocenters. The largest absolute Gasteiger partial charge is 0.361 e. The number of benzene rings is 1. The molecular weight excluding hydrogens is 326 g/mol. The Morgan fingerprint density at radius 1 is 1.25 bits per heavy atom. The van der Waals surface area contributed by atoms with Crippen molar-refractivity contribution in [3.8, 4) is 0 Å². The molecule has 6 heteroatoms. The lowest BCUT2D eigenvalue weighted by Crippen LogP contribution is -2.49. The van der Waals surface area contributed by atoms with Gasteiger partial charge in [0.1, 0.15) is 5.76 Å². The summed E-state index contributed by atoms with van der Waals surface area (Å²) in [4.78, 5) is 16.7. The fraction of sp³-hybridized carbons (Fsp3) is 0.444. The quantitative estimate of drug-likeness (QED) is 0.852. The minimum Gasteiger partial charge on any atom is -0.361 e. The van der Waals surface area contributed by atoms with Crippen molar-refractivity contribution < 1.29 is 9.32 Å². The number of halogens is 1. The molecule has 5 nitrogen and oxygen atoms in total. The predicted octanol–water partition coefficient (Wildman–Crippen LogP) is 3.08. The molecule has 1 amide bonds. The molecule has 0 bridgehead atoms. The van der Waals surface area contributed by atoms with Crippen LogP contribution in [0.2, 0.25) is 5.02 Å². The number of carbonyl (C=O) groups excluding carboxylic acids is 1. The van der Waals surface area contributed by atoms with Gasteiger partial charge >= 0.3 is 0 Å². The molecule has 1 aliphatic heterocycles. The maximum absolute atomic E-state index is 12.4. The van der Waals surface area contributed by atoms with E-state index in [9.17, 15) is 4.79 Å². The van der Waals surface area contributed by atoms with Gasteiger partial charge in [0, 0.05) is 43.3 Å². The second kappa shape index (κ2) is 7.36. The fourth-order valence-corrected chi connectivity index (χ4v) is 3.20. The molecular formula is C18H22ClN3O2. The Kier molecular flexibility index (Phi) is 5.21. The first kappa shape index (κ1) is 17.0. The van der Waals surface area contributed by atoms with Crippen LogP contribution in [0.4, 0.5) is 0 Å². The molecule has 1 saturated heterocycles. The molecule has 0 N–H and O–H groups in total. The Morgan fingerprint density at radius 3 is 2.50 bits per heavy atom. The lowest BCUT2D eigenvalue weighted by molar-refractivity contribution is -0.132. The molecule has 24 heavy (non-hydrogen) atoms. The van der Waals surface area contributed by atoms with Gasteiger partial charge < -0.3 is 9.42 Å². The molecule has 1 aromatic carbocycles. The predicted molar refractivity (Wildman–Crippen MR) is 93.0 cm³/mol. The van der Waals surface area contributed by atoms with E-state index in [1.54, 1.807) is 0 Å². The van der Waals surface area contributed by atoms with Crippen molar-refractivity contribution >= 4 is 17.5 Å². The summed E-state index contributed by atoms with van der Waals surface area (Å²) in [7, 11) is 0. The third-order valence-electron chi connectivity index (χ3n) is 4.58. The Balaban J connectivity index is 1.53. The van der Waals surface area contributed by atoms with Crippen molar-refractivity contribution in [3.63, 3.8) is 0 Å².